The van der Waals surface area contributed by atoms with Gasteiger partial charge < -0.3 is 20.4 Å². The highest BCUT2D eigenvalue weighted by molar-refractivity contribution is 6.15. The van der Waals surface area contributed by atoms with Gasteiger partial charge in [-0.1, -0.05) is 76.2 Å². The van der Waals surface area contributed by atoms with Gasteiger partial charge >= 0.3 is 0 Å². The van der Waals surface area contributed by atoms with E-state index >= 15 is 0 Å². The molecule has 0 spiro atoms. The Morgan fingerprint density at radius 1 is 0.290 bits per heavy atom. The van der Waals surface area contributed by atoms with Gasteiger partial charge in [-0.2, -0.15) is 0 Å². The maximum atomic E-state index is 10.3. The predicted molar refractivity (Wildman–Crippen MR) is 241 cm³/mol. The van der Waals surface area contributed by atoms with E-state index in [1.807, 2.05) is 76.2 Å². The zero-order valence-electron chi connectivity index (χ0n) is 36.1. The van der Waals surface area contributed by atoms with Crippen molar-refractivity contribution < 1.29 is 49.2 Å². The molecule has 0 bridgehead atoms. The zero-order valence-corrected chi connectivity index (χ0v) is 36.1. The van der Waals surface area contributed by atoms with Gasteiger partial charge in [-0.3, -0.25) is 28.8 Å². The smallest absolute Gasteiger partial charge is 0.178 e. The minimum atomic E-state index is -0.170. The number of phenols is 4. The standard InChI is InChI=1S/2C17H20O2.3C6H4O2/c2*1-11-9-13(5-7-15(11)18)17(3,4)14-6-8-16(19)12(2)10-14;3*7-5-1-2-6(8)4-3-5/h2*5-10,18-19H,1-4H3;3*1-4H. The fourth-order valence-corrected chi connectivity index (χ4v) is 5.83. The van der Waals surface area contributed by atoms with Crippen LogP contribution in [0.25, 0.3) is 0 Å². The molecular weight excluding hydrogens is 785 g/mol. The Balaban J connectivity index is 0.000000220. The zero-order chi connectivity index (χ0) is 46.4. The summed E-state index contributed by atoms with van der Waals surface area (Å²) in [6, 6.07) is 22.8. The summed E-state index contributed by atoms with van der Waals surface area (Å²) < 4.78 is 0. The van der Waals surface area contributed by atoms with Crippen molar-refractivity contribution in [2.24, 2.45) is 0 Å². The lowest BCUT2D eigenvalue weighted by Gasteiger charge is -2.27. The van der Waals surface area contributed by atoms with E-state index in [4.69, 9.17) is 0 Å². The Hall–Kier alpha value is -7.46. The van der Waals surface area contributed by atoms with Gasteiger partial charge in [0.25, 0.3) is 0 Å². The molecule has 0 saturated carbocycles. The molecule has 7 rings (SSSR count). The Labute approximate surface area is 362 Å². The number of carbonyl (C=O) groups is 6. The lowest BCUT2D eigenvalue weighted by molar-refractivity contribution is -0.113. The predicted octanol–water partition coefficient (Wildman–Crippen LogP) is 8.83. The van der Waals surface area contributed by atoms with Crippen molar-refractivity contribution >= 4 is 34.7 Å². The maximum absolute atomic E-state index is 10.3. The largest absolute Gasteiger partial charge is 0.508 e. The molecule has 0 heterocycles. The van der Waals surface area contributed by atoms with Crippen molar-refractivity contribution in [3.8, 4) is 23.0 Å². The average Bonchev–Trinajstić information content (AvgIpc) is 3.23. The summed E-state index contributed by atoms with van der Waals surface area (Å²) in [6.45, 7) is 16.2. The number of aryl methyl sites for hydroxylation is 4. The van der Waals surface area contributed by atoms with E-state index in [0.717, 1.165) is 44.5 Å². The van der Waals surface area contributed by atoms with Gasteiger partial charge in [0.1, 0.15) is 23.0 Å². The quantitative estimate of drug-likeness (QED) is 0.145. The lowest BCUT2D eigenvalue weighted by Crippen LogP contribution is -2.19. The van der Waals surface area contributed by atoms with Gasteiger partial charge in [-0.05, 0) is 169 Å². The number of phenolic OH excluding ortho intramolecular Hbond substituents is 4. The molecule has 0 aromatic heterocycles. The van der Waals surface area contributed by atoms with Crippen molar-refractivity contribution in [3.63, 3.8) is 0 Å². The molecule has 0 fully saturated rings. The molecule has 62 heavy (non-hydrogen) atoms. The van der Waals surface area contributed by atoms with E-state index in [1.54, 1.807) is 24.3 Å². The third kappa shape index (κ3) is 14.4. The van der Waals surface area contributed by atoms with Crippen LogP contribution < -0.4 is 0 Å². The first-order valence-electron chi connectivity index (χ1n) is 19.5. The van der Waals surface area contributed by atoms with Crippen LogP contribution in [0.5, 0.6) is 23.0 Å². The van der Waals surface area contributed by atoms with Gasteiger partial charge in [0.2, 0.25) is 0 Å². The van der Waals surface area contributed by atoms with Crippen molar-refractivity contribution in [1.29, 1.82) is 0 Å². The van der Waals surface area contributed by atoms with Crippen LogP contribution in [0.1, 0.15) is 72.2 Å². The lowest BCUT2D eigenvalue weighted by atomic mass is 9.77. The van der Waals surface area contributed by atoms with Crippen LogP contribution in [0.3, 0.4) is 0 Å². The molecule has 320 valence electrons. The summed E-state index contributed by atoms with van der Waals surface area (Å²) in [5.74, 6) is 0.559. The summed E-state index contributed by atoms with van der Waals surface area (Å²) in [4.78, 5) is 61.7. The number of aromatic hydroxyl groups is 4. The molecule has 3 aliphatic carbocycles. The second kappa shape index (κ2) is 21.7. The second-order valence-corrected chi connectivity index (χ2v) is 15.7. The number of carbonyl (C=O) groups excluding carboxylic acids is 6. The third-order valence-corrected chi connectivity index (χ3v) is 10.1. The number of allylic oxidation sites excluding steroid dienone is 12. The molecule has 4 aromatic carbocycles. The maximum Gasteiger partial charge on any atom is 0.178 e. The highest BCUT2D eigenvalue weighted by Crippen LogP contribution is 2.36. The SMILES string of the molecule is Cc1cc(C(C)(C)c2ccc(O)c(C)c2)ccc1O.Cc1cc(C(C)(C)c2ccc(O)c(C)c2)ccc1O.O=C1C=CC(=O)C=C1.O=C1C=CC(=O)C=C1.O=C1C=CC(=O)C=C1. The Morgan fingerprint density at radius 3 is 0.565 bits per heavy atom. The Bertz CT molecular complexity index is 2120. The fourth-order valence-electron chi connectivity index (χ4n) is 5.83. The van der Waals surface area contributed by atoms with Gasteiger partial charge in [0, 0.05) is 10.8 Å². The topological polar surface area (TPSA) is 183 Å². The highest BCUT2D eigenvalue weighted by atomic mass is 16.3. The van der Waals surface area contributed by atoms with E-state index in [9.17, 15) is 49.2 Å². The van der Waals surface area contributed by atoms with Crippen molar-refractivity contribution in [2.45, 2.75) is 66.2 Å². The Kier molecular flexibility index (Phi) is 17.1. The van der Waals surface area contributed by atoms with E-state index in [1.165, 1.54) is 72.9 Å². The summed E-state index contributed by atoms with van der Waals surface area (Å²) in [6.07, 6.45) is 15.0. The van der Waals surface area contributed by atoms with E-state index in [2.05, 4.69) is 27.7 Å². The van der Waals surface area contributed by atoms with Crippen LogP contribution in [0.15, 0.2) is 146 Å². The minimum Gasteiger partial charge on any atom is -0.508 e. The number of ketones is 6. The van der Waals surface area contributed by atoms with Crippen molar-refractivity contribution in [1.82, 2.24) is 0 Å². The summed E-state index contributed by atoms with van der Waals surface area (Å²) in [5, 5.41) is 38.5. The number of hydrogen-bond acceptors (Lipinski definition) is 10. The molecule has 0 amide bonds. The molecular formula is C52H52O10. The second-order valence-electron chi connectivity index (χ2n) is 15.7. The molecule has 4 aromatic rings. The van der Waals surface area contributed by atoms with E-state index in [-0.39, 0.29) is 45.5 Å². The Morgan fingerprint density at radius 2 is 0.435 bits per heavy atom. The normalized spacial score (nSPS) is 13.9. The van der Waals surface area contributed by atoms with Crippen LogP contribution in [-0.4, -0.2) is 55.1 Å². The van der Waals surface area contributed by atoms with Crippen molar-refractivity contribution in [2.75, 3.05) is 0 Å². The van der Waals surface area contributed by atoms with E-state index < -0.39 is 0 Å². The average molecular weight is 837 g/mol. The van der Waals surface area contributed by atoms with Crippen LogP contribution >= 0.6 is 0 Å². The summed E-state index contributed by atoms with van der Waals surface area (Å²) in [7, 11) is 0. The van der Waals surface area contributed by atoms with Crippen LogP contribution in [0.4, 0.5) is 0 Å². The molecule has 0 aliphatic heterocycles. The fraction of sp³-hybridized carbons (Fsp3) is 0.192. The number of rotatable bonds is 4. The summed E-state index contributed by atoms with van der Waals surface area (Å²) in [5.41, 5.74) is 7.75. The third-order valence-electron chi connectivity index (χ3n) is 10.1. The van der Waals surface area contributed by atoms with Gasteiger partial charge in [-0.25, -0.2) is 0 Å². The molecule has 0 atom stereocenters. The molecule has 10 nitrogen and oxygen atoms in total. The molecule has 0 unspecified atom stereocenters. The monoisotopic (exact) mass is 836 g/mol. The minimum absolute atomic E-state index is 0.121. The molecule has 4 N–H and O–H groups in total. The van der Waals surface area contributed by atoms with Crippen LogP contribution in [-0.2, 0) is 39.6 Å². The number of benzene rings is 4. The van der Waals surface area contributed by atoms with Crippen molar-refractivity contribution in [3.05, 3.63) is 190 Å². The molecule has 10 heteroatoms. The highest BCUT2D eigenvalue weighted by Gasteiger charge is 2.25. The van der Waals surface area contributed by atoms with Gasteiger partial charge in [0.05, 0.1) is 0 Å². The van der Waals surface area contributed by atoms with Crippen LogP contribution in [0, 0.1) is 27.7 Å². The molecule has 3 aliphatic rings. The molecule has 0 radical (unpaired) electrons. The van der Waals surface area contributed by atoms with E-state index in [0.29, 0.717) is 23.0 Å². The first kappa shape index (κ1) is 48.9. The molecule has 0 saturated heterocycles. The van der Waals surface area contributed by atoms with Crippen LogP contribution in [0.2, 0.25) is 0 Å². The number of hydrogen-bond donors (Lipinski definition) is 4. The van der Waals surface area contributed by atoms with Gasteiger partial charge in [0.15, 0.2) is 34.7 Å². The summed E-state index contributed by atoms with van der Waals surface area (Å²) >= 11 is 0. The first-order valence-corrected chi connectivity index (χ1v) is 19.5. The van der Waals surface area contributed by atoms with Gasteiger partial charge in [-0.15, -0.1) is 0 Å². The first-order chi connectivity index (χ1) is 29.0.